The van der Waals surface area contributed by atoms with Crippen LogP contribution in [0.3, 0.4) is 0 Å². The standard InChI is InChI=1S/C22H25ClN2O/c23-21-9-5-4-8-17(21)13-25-14-18(16-6-2-1-3-7-16)12-19(15-25)22(26)24-20-10-11-20/h1-9,18-20H,10-15H2,(H,24,26). The number of nitrogens with zero attached hydrogens (tertiary/aromatic N) is 1. The number of carbonyl (C=O) groups is 1. The van der Waals surface area contributed by atoms with Crippen LogP contribution in [0, 0.1) is 5.92 Å². The van der Waals surface area contributed by atoms with E-state index in [0.29, 0.717) is 12.0 Å². The van der Waals surface area contributed by atoms with Crippen molar-refractivity contribution in [2.45, 2.75) is 37.8 Å². The van der Waals surface area contributed by atoms with Crippen LogP contribution in [0.5, 0.6) is 0 Å². The highest BCUT2D eigenvalue weighted by Crippen LogP contribution is 2.32. The fraction of sp³-hybridized carbons (Fsp3) is 0.409. The van der Waals surface area contributed by atoms with Gasteiger partial charge in [0.1, 0.15) is 0 Å². The van der Waals surface area contributed by atoms with E-state index in [1.807, 2.05) is 24.3 Å². The van der Waals surface area contributed by atoms with Gasteiger partial charge in [-0.05, 0) is 42.4 Å². The highest BCUT2D eigenvalue weighted by Gasteiger charge is 2.34. The van der Waals surface area contributed by atoms with Gasteiger partial charge in [0.25, 0.3) is 0 Å². The first-order chi connectivity index (χ1) is 12.7. The van der Waals surface area contributed by atoms with Gasteiger partial charge in [0.05, 0.1) is 5.92 Å². The second-order valence-corrected chi connectivity index (χ2v) is 8.02. The molecule has 2 unspecified atom stereocenters. The SMILES string of the molecule is O=C(NC1CC1)C1CC(c2ccccc2)CN(Cc2ccccc2Cl)C1. The Morgan fingerprint density at radius 3 is 2.50 bits per heavy atom. The maximum absolute atomic E-state index is 12.7. The number of hydrogen-bond acceptors (Lipinski definition) is 2. The molecule has 1 saturated heterocycles. The second kappa shape index (κ2) is 7.81. The molecular weight excluding hydrogens is 344 g/mol. The molecule has 1 heterocycles. The van der Waals surface area contributed by atoms with E-state index >= 15 is 0 Å². The van der Waals surface area contributed by atoms with Crippen molar-refractivity contribution in [3.05, 3.63) is 70.7 Å². The van der Waals surface area contributed by atoms with Crippen molar-refractivity contribution < 1.29 is 4.79 Å². The van der Waals surface area contributed by atoms with Gasteiger partial charge in [-0.3, -0.25) is 9.69 Å². The quantitative estimate of drug-likeness (QED) is 0.856. The molecule has 2 aromatic carbocycles. The van der Waals surface area contributed by atoms with E-state index in [1.165, 1.54) is 5.56 Å². The summed E-state index contributed by atoms with van der Waals surface area (Å²) in [5.41, 5.74) is 2.45. The zero-order valence-electron chi connectivity index (χ0n) is 14.9. The van der Waals surface area contributed by atoms with Crippen molar-refractivity contribution in [2.24, 2.45) is 5.92 Å². The largest absolute Gasteiger partial charge is 0.353 e. The number of rotatable bonds is 5. The average molecular weight is 369 g/mol. The minimum Gasteiger partial charge on any atom is -0.353 e. The molecule has 4 heteroatoms. The molecule has 1 N–H and O–H groups in total. The lowest BCUT2D eigenvalue weighted by Gasteiger charge is -2.37. The Bertz CT molecular complexity index is 760. The third kappa shape index (κ3) is 4.28. The normalized spacial score (nSPS) is 23.6. The summed E-state index contributed by atoms with van der Waals surface area (Å²) in [6.45, 7) is 2.55. The molecule has 1 aliphatic carbocycles. The Hall–Kier alpha value is -1.84. The van der Waals surface area contributed by atoms with E-state index in [9.17, 15) is 4.79 Å². The van der Waals surface area contributed by atoms with Gasteiger partial charge < -0.3 is 5.32 Å². The van der Waals surface area contributed by atoms with Crippen LogP contribution in [0.1, 0.15) is 36.3 Å². The Balaban J connectivity index is 1.52. The molecule has 0 aromatic heterocycles. The maximum atomic E-state index is 12.7. The third-order valence-corrected chi connectivity index (χ3v) is 5.81. The van der Waals surface area contributed by atoms with Crippen molar-refractivity contribution in [1.29, 1.82) is 0 Å². The lowest BCUT2D eigenvalue weighted by molar-refractivity contribution is -0.127. The van der Waals surface area contributed by atoms with Crippen molar-refractivity contribution in [1.82, 2.24) is 10.2 Å². The van der Waals surface area contributed by atoms with Crippen LogP contribution in [-0.2, 0) is 11.3 Å². The molecule has 1 saturated carbocycles. The predicted molar refractivity (Wildman–Crippen MR) is 105 cm³/mol. The highest BCUT2D eigenvalue weighted by molar-refractivity contribution is 6.31. The number of carbonyl (C=O) groups excluding carboxylic acids is 1. The summed E-state index contributed by atoms with van der Waals surface area (Å²) in [6, 6.07) is 19.0. The summed E-state index contributed by atoms with van der Waals surface area (Å²) in [6.07, 6.45) is 3.18. The van der Waals surface area contributed by atoms with Crippen LogP contribution >= 0.6 is 11.6 Å². The topological polar surface area (TPSA) is 32.3 Å². The molecule has 0 radical (unpaired) electrons. The van der Waals surface area contributed by atoms with Crippen molar-refractivity contribution >= 4 is 17.5 Å². The summed E-state index contributed by atoms with van der Waals surface area (Å²) < 4.78 is 0. The molecule has 3 nitrogen and oxygen atoms in total. The fourth-order valence-electron chi connectivity index (χ4n) is 3.89. The van der Waals surface area contributed by atoms with Crippen LogP contribution < -0.4 is 5.32 Å². The van der Waals surface area contributed by atoms with E-state index in [0.717, 1.165) is 49.5 Å². The Morgan fingerprint density at radius 2 is 1.77 bits per heavy atom. The number of likely N-dealkylation sites (tertiary alicyclic amines) is 1. The number of hydrogen-bond donors (Lipinski definition) is 1. The molecule has 0 bridgehead atoms. The second-order valence-electron chi connectivity index (χ2n) is 7.61. The molecule has 1 aliphatic heterocycles. The van der Waals surface area contributed by atoms with Crippen molar-refractivity contribution in [3.8, 4) is 0 Å². The molecule has 2 fully saturated rings. The van der Waals surface area contributed by atoms with Gasteiger partial charge in [-0.1, -0.05) is 60.1 Å². The van der Waals surface area contributed by atoms with Crippen molar-refractivity contribution in [3.63, 3.8) is 0 Å². The van der Waals surface area contributed by atoms with E-state index in [4.69, 9.17) is 11.6 Å². The zero-order chi connectivity index (χ0) is 17.9. The average Bonchev–Trinajstić information content (AvgIpc) is 3.48. The molecule has 26 heavy (non-hydrogen) atoms. The van der Waals surface area contributed by atoms with E-state index in [2.05, 4.69) is 40.5 Å². The number of amides is 1. The molecule has 0 spiro atoms. The number of benzene rings is 2. The molecule has 2 aromatic rings. The Kier molecular flexibility index (Phi) is 5.28. The van der Waals surface area contributed by atoms with Crippen LogP contribution in [0.2, 0.25) is 5.02 Å². The molecule has 136 valence electrons. The summed E-state index contributed by atoms with van der Waals surface area (Å²) in [7, 11) is 0. The Morgan fingerprint density at radius 1 is 1.04 bits per heavy atom. The van der Waals surface area contributed by atoms with E-state index < -0.39 is 0 Å². The Labute approximate surface area is 160 Å². The third-order valence-electron chi connectivity index (χ3n) is 5.44. The lowest BCUT2D eigenvalue weighted by atomic mass is 9.84. The van der Waals surface area contributed by atoms with Crippen LogP contribution in [0.25, 0.3) is 0 Å². The summed E-state index contributed by atoms with van der Waals surface area (Å²) in [4.78, 5) is 15.1. The first kappa shape index (κ1) is 17.6. The molecule has 1 amide bonds. The van der Waals surface area contributed by atoms with Gasteiger partial charge in [0, 0.05) is 30.7 Å². The van der Waals surface area contributed by atoms with Gasteiger partial charge in [-0.25, -0.2) is 0 Å². The number of piperidine rings is 1. The minimum atomic E-state index is 0.0389. The molecule has 4 rings (SSSR count). The highest BCUT2D eigenvalue weighted by atomic mass is 35.5. The maximum Gasteiger partial charge on any atom is 0.224 e. The number of nitrogens with one attached hydrogen (secondary N) is 1. The van der Waals surface area contributed by atoms with E-state index in [-0.39, 0.29) is 11.8 Å². The van der Waals surface area contributed by atoms with Crippen LogP contribution in [0.15, 0.2) is 54.6 Å². The molecular formula is C22H25ClN2O. The van der Waals surface area contributed by atoms with Crippen LogP contribution in [0.4, 0.5) is 0 Å². The summed E-state index contributed by atoms with van der Waals surface area (Å²) in [5, 5.41) is 4.00. The van der Waals surface area contributed by atoms with Gasteiger partial charge in [0.2, 0.25) is 5.91 Å². The van der Waals surface area contributed by atoms with Gasteiger partial charge >= 0.3 is 0 Å². The fourth-order valence-corrected chi connectivity index (χ4v) is 4.09. The molecule has 2 aliphatic rings. The summed E-state index contributed by atoms with van der Waals surface area (Å²) in [5.74, 6) is 0.636. The predicted octanol–water partition coefficient (Wildman–Crippen LogP) is 4.22. The summed E-state index contributed by atoms with van der Waals surface area (Å²) >= 11 is 6.37. The van der Waals surface area contributed by atoms with Crippen molar-refractivity contribution in [2.75, 3.05) is 13.1 Å². The van der Waals surface area contributed by atoms with Gasteiger partial charge in [-0.2, -0.15) is 0 Å². The van der Waals surface area contributed by atoms with Gasteiger partial charge in [-0.15, -0.1) is 0 Å². The monoisotopic (exact) mass is 368 g/mol. The van der Waals surface area contributed by atoms with E-state index in [1.54, 1.807) is 0 Å². The zero-order valence-corrected chi connectivity index (χ0v) is 15.7. The minimum absolute atomic E-state index is 0.0389. The van der Waals surface area contributed by atoms with Gasteiger partial charge in [0.15, 0.2) is 0 Å². The lowest BCUT2D eigenvalue weighted by Crippen LogP contribution is -2.45. The molecule has 2 atom stereocenters. The van der Waals surface area contributed by atoms with Crippen LogP contribution in [-0.4, -0.2) is 29.9 Å². The smallest absolute Gasteiger partial charge is 0.224 e. The first-order valence-corrected chi connectivity index (χ1v) is 9.88. The first-order valence-electron chi connectivity index (χ1n) is 9.50. The number of halogens is 1.